The second-order valence-electron chi connectivity index (χ2n) is 2.42. The van der Waals surface area contributed by atoms with E-state index in [9.17, 15) is 0 Å². The summed E-state index contributed by atoms with van der Waals surface area (Å²) in [5.41, 5.74) is 1.45. The van der Waals surface area contributed by atoms with Crippen LogP contribution in [0.3, 0.4) is 0 Å². The van der Waals surface area contributed by atoms with Crippen LogP contribution < -0.4 is 0 Å². The van der Waals surface area contributed by atoms with E-state index in [1.165, 1.54) is 11.9 Å². The SMILES string of the molecule is CC1=CCN(C=N)CC1. The number of rotatable bonds is 1. The molecule has 2 heteroatoms. The van der Waals surface area contributed by atoms with E-state index in [0.717, 1.165) is 19.5 Å². The quantitative estimate of drug-likeness (QED) is 0.318. The molecule has 0 fully saturated rings. The third-order valence-electron chi connectivity index (χ3n) is 1.65. The molecule has 9 heavy (non-hydrogen) atoms. The number of hydrogen-bond acceptors (Lipinski definition) is 1. The standard InChI is InChI=1S/C7H12N2/c1-7-2-4-9(6-8)5-3-7/h2,6,8H,3-5H2,1H3. The zero-order chi connectivity index (χ0) is 6.69. The van der Waals surface area contributed by atoms with Crippen LogP contribution in [-0.4, -0.2) is 24.3 Å². The Balaban J connectivity index is 2.45. The lowest BCUT2D eigenvalue weighted by Gasteiger charge is -2.21. The molecule has 0 unspecified atom stereocenters. The summed E-state index contributed by atoms with van der Waals surface area (Å²) in [6.45, 7) is 4.09. The molecule has 0 saturated carbocycles. The number of hydrogen-bond donors (Lipinski definition) is 1. The smallest absolute Gasteiger partial charge is 0.0820 e. The number of nitrogens with zero attached hydrogens (tertiary/aromatic N) is 1. The second kappa shape index (κ2) is 2.67. The van der Waals surface area contributed by atoms with Crippen molar-refractivity contribution in [2.75, 3.05) is 13.1 Å². The summed E-state index contributed by atoms with van der Waals surface area (Å²) in [5.74, 6) is 0. The first-order chi connectivity index (χ1) is 4.33. The molecule has 1 heterocycles. The van der Waals surface area contributed by atoms with E-state index in [1.54, 1.807) is 0 Å². The van der Waals surface area contributed by atoms with Crippen LogP contribution in [0, 0.1) is 5.41 Å². The molecule has 50 valence electrons. The summed E-state index contributed by atoms with van der Waals surface area (Å²) in [6, 6.07) is 0. The molecule has 1 aliphatic heterocycles. The fourth-order valence-electron chi connectivity index (χ4n) is 0.904. The maximum atomic E-state index is 6.93. The van der Waals surface area contributed by atoms with E-state index in [4.69, 9.17) is 5.41 Å². The average molecular weight is 124 g/mol. The molecule has 2 nitrogen and oxygen atoms in total. The van der Waals surface area contributed by atoms with Crippen molar-refractivity contribution in [1.82, 2.24) is 4.90 Å². The van der Waals surface area contributed by atoms with Gasteiger partial charge in [-0.2, -0.15) is 0 Å². The third kappa shape index (κ3) is 1.56. The Kier molecular flexibility index (Phi) is 1.88. The molecule has 0 saturated heterocycles. The Morgan fingerprint density at radius 3 is 3.00 bits per heavy atom. The molecule has 1 N–H and O–H groups in total. The van der Waals surface area contributed by atoms with Crippen molar-refractivity contribution in [2.45, 2.75) is 13.3 Å². The molecule has 0 aromatic rings. The van der Waals surface area contributed by atoms with Crippen LogP contribution in [0.1, 0.15) is 13.3 Å². The van der Waals surface area contributed by atoms with E-state index < -0.39 is 0 Å². The highest BCUT2D eigenvalue weighted by Crippen LogP contribution is 2.06. The largest absolute Gasteiger partial charge is 0.359 e. The summed E-state index contributed by atoms with van der Waals surface area (Å²) in [4.78, 5) is 1.99. The Hall–Kier alpha value is -0.790. The summed E-state index contributed by atoms with van der Waals surface area (Å²) in [6.07, 6.45) is 4.70. The predicted molar refractivity (Wildman–Crippen MR) is 38.7 cm³/mol. The van der Waals surface area contributed by atoms with Gasteiger partial charge in [0.05, 0.1) is 6.34 Å². The third-order valence-corrected chi connectivity index (χ3v) is 1.65. The molecule has 0 spiro atoms. The van der Waals surface area contributed by atoms with Crippen LogP contribution in [0.25, 0.3) is 0 Å². The first kappa shape index (κ1) is 6.33. The maximum Gasteiger partial charge on any atom is 0.0820 e. The molecule has 1 aliphatic rings. The van der Waals surface area contributed by atoms with Crippen molar-refractivity contribution < 1.29 is 0 Å². The molecular formula is C7H12N2. The van der Waals surface area contributed by atoms with Gasteiger partial charge in [0.15, 0.2) is 0 Å². The van der Waals surface area contributed by atoms with Gasteiger partial charge < -0.3 is 4.90 Å². The summed E-state index contributed by atoms with van der Waals surface area (Å²) in [5, 5.41) is 6.93. The minimum absolute atomic E-state index is 0.926. The highest BCUT2D eigenvalue weighted by Gasteiger charge is 2.03. The lowest BCUT2D eigenvalue weighted by Crippen LogP contribution is -2.26. The number of nitrogens with one attached hydrogen (secondary N) is 1. The van der Waals surface area contributed by atoms with Crippen LogP contribution in [0.15, 0.2) is 11.6 Å². The van der Waals surface area contributed by atoms with Gasteiger partial charge in [-0.1, -0.05) is 11.6 Å². The Morgan fingerprint density at radius 1 is 1.78 bits per heavy atom. The maximum absolute atomic E-state index is 6.93. The normalized spacial score (nSPS) is 19.2. The van der Waals surface area contributed by atoms with Gasteiger partial charge in [0, 0.05) is 13.1 Å². The summed E-state index contributed by atoms with van der Waals surface area (Å²) >= 11 is 0. The highest BCUT2D eigenvalue weighted by atomic mass is 15.1. The van der Waals surface area contributed by atoms with Gasteiger partial charge in [-0.15, -0.1) is 0 Å². The topological polar surface area (TPSA) is 27.1 Å². The van der Waals surface area contributed by atoms with Crippen LogP contribution in [0.4, 0.5) is 0 Å². The zero-order valence-electron chi connectivity index (χ0n) is 5.72. The van der Waals surface area contributed by atoms with Crippen molar-refractivity contribution in [3.05, 3.63) is 11.6 Å². The van der Waals surface area contributed by atoms with Crippen molar-refractivity contribution >= 4 is 6.34 Å². The van der Waals surface area contributed by atoms with Crippen molar-refractivity contribution in [3.63, 3.8) is 0 Å². The molecule has 0 bridgehead atoms. The minimum Gasteiger partial charge on any atom is -0.359 e. The minimum atomic E-state index is 0.926. The molecule has 0 radical (unpaired) electrons. The molecule has 0 aromatic carbocycles. The van der Waals surface area contributed by atoms with Crippen LogP contribution >= 0.6 is 0 Å². The van der Waals surface area contributed by atoms with Crippen LogP contribution in [0.2, 0.25) is 0 Å². The van der Waals surface area contributed by atoms with E-state index in [0.29, 0.717) is 0 Å². The Morgan fingerprint density at radius 2 is 2.56 bits per heavy atom. The Labute approximate surface area is 55.7 Å². The molecule has 0 aromatic heterocycles. The highest BCUT2D eigenvalue weighted by molar-refractivity contribution is 5.51. The van der Waals surface area contributed by atoms with Gasteiger partial charge >= 0.3 is 0 Å². The zero-order valence-corrected chi connectivity index (χ0v) is 5.72. The van der Waals surface area contributed by atoms with Crippen LogP contribution in [0.5, 0.6) is 0 Å². The predicted octanol–water partition coefficient (Wildman–Crippen LogP) is 1.25. The van der Waals surface area contributed by atoms with Crippen molar-refractivity contribution in [2.24, 2.45) is 0 Å². The van der Waals surface area contributed by atoms with Crippen molar-refractivity contribution in [3.8, 4) is 0 Å². The molecule has 0 atom stereocenters. The fraction of sp³-hybridized carbons (Fsp3) is 0.571. The molecule has 0 amide bonds. The molecule has 0 aliphatic carbocycles. The van der Waals surface area contributed by atoms with E-state index in [1.807, 2.05) is 4.90 Å². The van der Waals surface area contributed by atoms with Gasteiger partial charge in [0.25, 0.3) is 0 Å². The van der Waals surface area contributed by atoms with Gasteiger partial charge in [0.2, 0.25) is 0 Å². The van der Waals surface area contributed by atoms with E-state index >= 15 is 0 Å². The summed E-state index contributed by atoms with van der Waals surface area (Å²) in [7, 11) is 0. The van der Waals surface area contributed by atoms with E-state index in [-0.39, 0.29) is 0 Å². The Bertz CT molecular complexity index is 138. The fourth-order valence-corrected chi connectivity index (χ4v) is 0.904. The van der Waals surface area contributed by atoms with Crippen LogP contribution in [-0.2, 0) is 0 Å². The first-order valence-electron chi connectivity index (χ1n) is 3.23. The lowest BCUT2D eigenvalue weighted by molar-refractivity contribution is 0.455. The first-order valence-corrected chi connectivity index (χ1v) is 3.23. The molecular weight excluding hydrogens is 112 g/mol. The average Bonchev–Trinajstić information content (AvgIpc) is 1.90. The monoisotopic (exact) mass is 124 g/mol. The lowest BCUT2D eigenvalue weighted by atomic mass is 10.1. The van der Waals surface area contributed by atoms with E-state index in [2.05, 4.69) is 13.0 Å². The van der Waals surface area contributed by atoms with Gasteiger partial charge in [-0.3, -0.25) is 5.41 Å². The van der Waals surface area contributed by atoms with Gasteiger partial charge in [0.1, 0.15) is 0 Å². The second-order valence-corrected chi connectivity index (χ2v) is 2.42. The summed E-state index contributed by atoms with van der Waals surface area (Å²) < 4.78 is 0. The van der Waals surface area contributed by atoms with Gasteiger partial charge in [-0.05, 0) is 13.3 Å². The molecule has 1 rings (SSSR count). The van der Waals surface area contributed by atoms with Crippen molar-refractivity contribution in [1.29, 1.82) is 5.41 Å². The van der Waals surface area contributed by atoms with Gasteiger partial charge in [-0.25, -0.2) is 0 Å².